The zero-order chi connectivity index (χ0) is 28.2. The van der Waals surface area contributed by atoms with Crippen LogP contribution < -0.4 is 10.9 Å². The number of benzene rings is 2. The van der Waals surface area contributed by atoms with Gasteiger partial charge in [0.2, 0.25) is 11.3 Å². The van der Waals surface area contributed by atoms with Crippen LogP contribution in [0.5, 0.6) is 0 Å². The van der Waals surface area contributed by atoms with Gasteiger partial charge in [-0.15, -0.1) is 0 Å². The first-order valence-corrected chi connectivity index (χ1v) is 14.0. The van der Waals surface area contributed by atoms with Gasteiger partial charge in [0.05, 0.1) is 30.7 Å². The van der Waals surface area contributed by atoms with Gasteiger partial charge in [-0.1, -0.05) is 29.8 Å². The number of amides is 2. The topological polar surface area (TPSA) is 100 Å². The minimum absolute atomic E-state index is 0.0312. The number of aryl methyl sites for hydroxylation is 1. The number of ether oxygens (including phenoxy) is 1. The fourth-order valence-electron chi connectivity index (χ4n) is 5.30. The van der Waals surface area contributed by atoms with Gasteiger partial charge in [0.15, 0.2) is 5.69 Å². The van der Waals surface area contributed by atoms with Gasteiger partial charge >= 0.3 is 0 Å². The molecule has 2 fully saturated rings. The van der Waals surface area contributed by atoms with Crippen LogP contribution in [0, 0.1) is 0 Å². The molecule has 2 aromatic carbocycles. The Morgan fingerprint density at radius 2 is 1.73 bits per heavy atom. The Morgan fingerprint density at radius 1 is 1.05 bits per heavy atom. The second-order valence-corrected chi connectivity index (χ2v) is 10.9. The molecule has 0 bridgehead atoms. The fraction of sp³-hybridized carbons (Fsp3) is 0.448. The molecule has 1 aromatic heterocycles. The van der Waals surface area contributed by atoms with E-state index in [0.29, 0.717) is 61.6 Å². The molecule has 5 rings (SSSR count). The smallest absolute Gasteiger partial charge is 0.292 e. The molecule has 2 aliphatic heterocycles. The average Bonchev–Trinajstić information content (AvgIpc) is 2.96. The number of hydrogen-bond acceptors (Lipinski definition) is 7. The quantitative estimate of drug-likeness (QED) is 0.439. The van der Waals surface area contributed by atoms with Crippen molar-refractivity contribution < 1.29 is 14.3 Å². The van der Waals surface area contributed by atoms with Crippen molar-refractivity contribution in [3.8, 4) is 0 Å². The second kappa shape index (κ2) is 12.5. The normalized spacial score (nSPS) is 16.8. The number of morpholine rings is 1. The van der Waals surface area contributed by atoms with E-state index in [9.17, 15) is 14.4 Å². The zero-order valence-electron chi connectivity index (χ0n) is 22.9. The van der Waals surface area contributed by atoms with Crippen LogP contribution in [0.1, 0.15) is 41.4 Å². The number of aromatic nitrogens is 2. The van der Waals surface area contributed by atoms with Crippen molar-refractivity contribution in [3.05, 3.63) is 74.5 Å². The van der Waals surface area contributed by atoms with E-state index in [0.717, 1.165) is 24.2 Å². The van der Waals surface area contributed by atoms with Gasteiger partial charge in [-0.05, 0) is 48.2 Å². The van der Waals surface area contributed by atoms with Crippen molar-refractivity contribution in [2.75, 3.05) is 39.4 Å². The molecule has 2 saturated heterocycles. The van der Waals surface area contributed by atoms with E-state index >= 15 is 0 Å². The van der Waals surface area contributed by atoms with Crippen molar-refractivity contribution in [1.82, 2.24) is 30.0 Å². The third-order valence-corrected chi connectivity index (χ3v) is 7.86. The maximum Gasteiger partial charge on any atom is 0.292 e. The Balaban J connectivity index is 1.43. The fourth-order valence-corrected chi connectivity index (χ4v) is 5.43. The summed E-state index contributed by atoms with van der Waals surface area (Å²) in [5.74, 6) is -0.450. The van der Waals surface area contributed by atoms with Crippen LogP contribution in [0.3, 0.4) is 0 Å². The number of nitrogens with one attached hydrogen (secondary N) is 1. The number of likely N-dealkylation sites (tertiary alicyclic amines) is 1. The van der Waals surface area contributed by atoms with Crippen molar-refractivity contribution in [2.45, 2.75) is 38.9 Å². The number of rotatable bonds is 7. The molecule has 0 unspecified atom stereocenters. The lowest BCUT2D eigenvalue weighted by Gasteiger charge is -2.35. The Kier molecular flexibility index (Phi) is 8.80. The minimum Gasteiger partial charge on any atom is -0.379 e. The molecule has 3 aromatic rings. The molecule has 2 aliphatic rings. The Labute approximate surface area is 238 Å². The summed E-state index contributed by atoms with van der Waals surface area (Å²) in [6.07, 6.45) is 1.38. The van der Waals surface area contributed by atoms with Crippen LogP contribution in [-0.4, -0.2) is 81.8 Å². The molecule has 0 atom stereocenters. The number of hydrogen-bond donors (Lipinski definition) is 1. The summed E-state index contributed by atoms with van der Waals surface area (Å²) in [5.41, 5.74) is 5.34. The first kappa shape index (κ1) is 28.2. The second-order valence-electron chi connectivity index (χ2n) is 10.5. The lowest BCUT2D eigenvalue weighted by Crippen LogP contribution is -2.53. The van der Waals surface area contributed by atoms with Crippen molar-refractivity contribution >= 4 is 34.3 Å². The number of hydrazine groups is 1. The van der Waals surface area contributed by atoms with Gasteiger partial charge in [-0.2, -0.15) is 5.10 Å². The first-order chi connectivity index (χ1) is 19.3. The van der Waals surface area contributed by atoms with Crippen LogP contribution in [0.4, 0.5) is 0 Å². The predicted octanol–water partition coefficient (Wildman–Crippen LogP) is 2.58. The summed E-state index contributed by atoms with van der Waals surface area (Å²) in [4.78, 5) is 43.6. The number of nitrogens with zero attached hydrogens (tertiary/aromatic N) is 5. The third kappa shape index (κ3) is 6.52. The van der Waals surface area contributed by atoms with E-state index in [1.165, 1.54) is 5.01 Å². The van der Waals surface area contributed by atoms with E-state index in [1.807, 2.05) is 30.3 Å². The highest BCUT2D eigenvalue weighted by Gasteiger charge is 2.28. The van der Waals surface area contributed by atoms with Gasteiger partial charge in [0, 0.05) is 57.8 Å². The van der Waals surface area contributed by atoms with E-state index in [1.54, 1.807) is 35.7 Å². The molecule has 212 valence electrons. The molecular formula is C29H35ClN6O4. The summed E-state index contributed by atoms with van der Waals surface area (Å²) in [7, 11) is 1.74. The maximum absolute atomic E-state index is 14.0. The minimum atomic E-state index is -0.495. The molecule has 11 heteroatoms. The number of carbonyl (C=O) groups is 2. The van der Waals surface area contributed by atoms with E-state index in [4.69, 9.17) is 16.3 Å². The van der Waals surface area contributed by atoms with Crippen LogP contribution in [0.25, 0.3) is 10.9 Å². The Morgan fingerprint density at radius 3 is 2.40 bits per heavy atom. The predicted molar refractivity (Wildman–Crippen MR) is 153 cm³/mol. The van der Waals surface area contributed by atoms with Crippen molar-refractivity contribution in [2.24, 2.45) is 7.05 Å². The van der Waals surface area contributed by atoms with E-state index < -0.39 is 11.3 Å². The standard InChI is InChI=1S/C29H35ClN6O4/c1-20(37)35-11-9-24(10-12-35)31-36(19-21-3-6-23(30)7-4-21)29(39)27-28(38)25-17-22(5-8-26(25)33(2)32-27)18-34-13-15-40-16-14-34/h3-8,17,24,31H,9-16,18-19H2,1-2H3. The molecule has 1 N–H and O–H groups in total. The lowest BCUT2D eigenvalue weighted by atomic mass is 10.1. The summed E-state index contributed by atoms with van der Waals surface area (Å²) in [6.45, 7) is 6.79. The van der Waals surface area contributed by atoms with Gasteiger partial charge < -0.3 is 9.64 Å². The van der Waals surface area contributed by atoms with Crippen LogP contribution >= 0.6 is 11.6 Å². The molecule has 0 spiro atoms. The maximum atomic E-state index is 14.0. The third-order valence-electron chi connectivity index (χ3n) is 7.61. The molecular weight excluding hydrogens is 532 g/mol. The zero-order valence-corrected chi connectivity index (χ0v) is 23.7. The van der Waals surface area contributed by atoms with Crippen LogP contribution in [-0.2, 0) is 29.7 Å². The number of carbonyl (C=O) groups excluding carboxylic acids is 2. The average molecular weight is 567 g/mol. The highest BCUT2D eigenvalue weighted by molar-refractivity contribution is 6.30. The first-order valence-electron chi connectivity index (χ1n) is 13.7. The summed E-state index contributed by atoms with van der Waals surface area (Å²) >= 11 is 6.08. The molecule has 3 heterocycles. The monoisotopic (exact) mass is 566 g/mol. The number of halogens is 1. The molecule has 0 saturated carbocycles. The molecule has 2 amide bonds. The molecule has 0 aliphatic carbocycles. The number of fused-ring (bicyclic) bond motifs is 1. The van der Waals surface area contributed by atoms with E-state index in [2.05, 4.69) is 15.4 Å². The summed E-state index contributed by atoms with van der Waals surface area (Å²) < 4.78 is 7.04. The Hall–Kier alpha value is -3.31. The largest absolute Gasteiger partial charge is 0.379 e. The van der Waals surface area contributed by atoms with Gasteiger partial charge in [0.1, 0.15) is 0 Å². The van der Waals surface area contributed by atoms with Crippen molar-refractivity contribution in [3.63, 3.8) is 0 Å². The molecule has 0 radical (unpaired) electrons. The van der Waals surface area contributed by atoms with Gasteiger partial charge in [0.25, 0.3) is 5.91 Å². The Bertz CT molecular complexity index is 1430. The lowest BCUT2D eigenvalue weighted by molar-refractivity contribution is -0.130. The van der Waals surface area contributed by atoms with Crippen LogP contribution in [0.15, 0.2) is 47.3 Å². The SMILES string of the molecule is CC(=O)N1CCC(NN(Cc2ccc(Cl)cc2)C(=O)c2nn(C)c3ccc(CN4CCOCC4)cc3c2=O)CC1. The van der Waals surface area contributed by atoms with Crippen LogP contribution in [0.2, 0.25) is 5.02 Å². The molecule has 40 heavy (non-hydrogen) atoms. The molecule has 10 nitrogen and oxygen atoms in total. The van der Waals surface area contributed by atoms with Gasteiger partial charge in [-0.3, -0.25) is 29.0 Å². The summed E-state index contributed by atoms with van der Waals surface area (Å²) in [5, 5.41) is 6.97. The highest BCUT2D eigenvalue weighted by atomic mass is 35.5. The highest BCUT2D eigenvalue weighted by Crippen LogP contribution is 2.18. The van der Waals surface area contributed by atoms with E-state index in [-0.39, 0.29) is 24.2 Å². The van der Waals surface area contributed by atoms with Crippen molar-refractivity contribution in [1.29, 1.82) is 0 Å². The summed E-state index contributed by atoms with van der Waals surface area (Å²) in [6, 6.07) is 13.0. The van der Waals surface area contributed by atoms with Gasteiger partial charge in [-0.25, -0.2) is 5.43 Å². The number of piperidine rings is 1.